The van der Waals surface area contributed by atoms with Gasteiger partial charge < -0.3 is 10.6 Å². The molecule has 0 atom stereocenters. The summed E-state index contributed by atoms with van der Waals surface area (Å²) in [6.07, 6.45) is 0. The van der Waals surface area contributed by atoms with Crippen molar-refractivity contribution in [1.82, 2.24) is 0 Å². The summed E-state index contributed by atoms with van der Waals surface area (Å²) < 4.78 is 1.00. The van der Waals surface area contributed by atoms with Crippen LogP contribution in [0.15, 0.2) is 40.9 Å². The van der Waals surface area contributed by atoms with Crippen LogP contribution in [0.1, 0.15) is 5.56 Å². The molecule has 2 aromatic rings. The topological polar surface area (TPSA) is 41.1 Å². The Kier molecular flexibility index (Phi) is 5.51. The van der Waals surface area contributed by atoms with Crippen LogP contribution in [-0.2, 0) is 4.79 Å². The van der Waals surface area contributed by atoms with Gasteiger partial charge in [0.05, 0.1) is 22.3 Å². The molecule has 0 aliphatic heterocycles. The molecule has 110 valence electrons. The number of nitrogens with one attached hydrogen (secondary N) is 2. The maximum Gasteiger partial charge on any atom is 0.243 e. The van der Waals surface area contributed by atoms with Gasteiger partial charge in [-0.05, 0) is 42.8 Å². The molecule has 0 radical (unpaired) electrons. The maximum atomic E-state index is 11.9. The molecular formula is C15H13BrCl2N2O. The van der Waals surface area contributed by atoms with Gasteiger partial charge in [0.1, 0.15) is 0 Å². The summed E-state index contributed by atoms with van der Waals surface area (Å²) in [4.78, 5) is 11.9. The van der Waals surface area contributed by atoms with Gasteiger partial charge >= 0.3 is 0 Å². The minimum absolute atomic E-state index is 0.0819. The maximum absolute atomic E-state index is 11.9. The van der Waals surface area contributed by atoms with Gasteiger partial charge in [-0.25, -0.2) is 0 Å². The number of hydrogen-bond donors (Lipinski definition) is 2. The highest BCUT2D eigenvalue weighted by Gasteiger charge is 2.08. The summed E-state index contributed by atoms with van der Waals surface area (Å²) in [7, 11) is 0. The molecule has 1 amide bonds. The first-order chi connectivity index (χ1) is 9.97. The van der Waals surface area contributed by atoms with Crippen molar-refractivity contribution in [2.24, 2.45) is 0 Å². The Bertz CT molecular complexity index is 656. The van der Waals surface area contributed by atoms with E-state index in [0.29, 0.717) is 15.7 Å². The van der Waals surface area contributed by atoms with Gasteiger partial charge in [0.15, 0.2) is 0 Å². The van der Waals surface area contributed by atoms with Gasteiger partial charge in [-0.15, -0.1) is 0 Å². The fourth-order valence-electron chi connectivity index (χ4n) is 1.76. The number of para-hydroxylation sites is 1. The molecule has 2 N–H and O–H groups in total. The molecule has 0 aliphatic rings. The summed E-state index contributed by atoms with van der Waals surface area (Å²) in [5.74, 6) is -0.173. The lowest BCUT2D eigenvalue weighted by molar-refractivity contribution is -0.114. The van der Waals surface area contributed by atoms with Crippen LogP contribution < -0.4 is 10.6 Å². The second-order valence-corrected chi connectivity index (χ2v) is 6.13. The van der Waals surface area contributed by atoms with Crippen LogP contribution in [0.25, 0.3) is 0 Å². The number of carbonyl (C=O) groups is 1. The molecule has 21 heavy (non-hydrogen) atoms. The second-order valence-electron chi connectivity index (χ2n) is 4.46. The first kappa shape index (κ1) is 16.1. The van der Waals surface area contributed by atoms with Gasteiger partial charge in [0, 0.05) is 10.2 Å². The zero-order valence-corrected chi connectivity index (χ0v) is 14.3. The zero-order chi connectivity index (χ0) is 15.4. The van der Waals surface area contributed by atoms with Gasteiger partial charge in [0.2, 0.25) is 5.91 Å². The highest BCUT2D eigenvalue weighted by Crippen LogP contribution is 2.29. The van der Waals surface area contributed by atoms with Crippen LogP contribution in [-0.4, -0.2) is 12.5 Å². The molecule has 6 heteroatoms. The normalized spacial score (nSPS) is 10.3. The van der Waals surface area contributed by atoms with Gasteiger partial charge in [0.25, 0.3) is 0 Å². The van der Waals surface area contributed by atoms with Crippen LogP contribution in [0.4, 0.5) is 11.4 Å². The first-order valence-corrected chi connectivity index (χ1v) is 7.76. The van der Waals surface area contributed by atoms with Gasteiger partial charge in [-0.1, -0.05) is 45.2 Å². The molecule has 0 bridgehead atoms. The lowest BCUT2D eigenvalue weighted by Crippen LogP contribution is -2.22. The minimum Gasteiger partial charge on any atom is -0.374 e. The standard InChI is InChI=1S/C15H13BrCl2N2O/c1-9-7-10(5-6-11(9)16)20-14(21)8-19-15-12(17)3-2-4-13(15)18/h2-7,19H,8H2,1H3,(H,20,21). The number of aryl methyl sites for hydroxylation is 1. The number of hydrogen-bond acceptors (Lipinski definition) is 2. The molecule has 0 heterocycles. The van der Waals surface area contributed by atoms with Crippen molar-refractivity contribution >= 4 is 56.4 Å². The Morgan fingerprint density at radius 1 is 1.19 bits per heavy atom. The molecule has 0 saturated carbocycles. The lowest BCUT2D eigenvalue weighted by Gasteiger charge is -2.11. The van der Waals surface area contributed by atoms with E-state index < -0.39 is 0 Å². The number of halogens is 3. The van der Waals surface area contributed by atoms with Crippen molar-refractivity contribution in [3.8, 4) is 0 Å². The van der Waals surface area contributed by atoms with E-state index in [9.17, 15) is 4.79 Å². The summed E-state index contributed by atoms with van der Waals surface area (Å²) >= 11 is 15.5. The first-order valence-electron chi connectivity index (χ1n) is 6.21. The van der Waals surface area contributed by atoms with Crippen LogP contribution >= 0.6 is 39.1 Å². The van der Waals surface area contributed by atoms with Crippen LogP contribution in [0.3, 0.4) is 0 Å². The van der Waals surface area contributed by atoms with Crippen molar-refractivity contribution in [3.05, 3.63) is 56.5 Å². The van der Waals surface area contributed by atoms with Crippen molar-refractivity contribution in [2.75, 3.05) is 17.2 Å². The zero-order valence-electron chi connectivity index (χ0n) is 11.2. The predicted octanol–water partition coefficient (Wildman–Crippen LogP) is 5.11. The molecule has 2 rings (SSSR count). The molecule has 0 aliphatic carbocycles. The SMILES string of the molecule is Cc1cc(NC(=O)CNc2c(Cl)cccc2Cl)ccc1Br. The predicted molar refractivity (Wildman–Crippen MR) is 92.5 cm³/mol. The van der Waals surface area contributed by atoms with Crippen LogP contribution in [0.5, 0.6) is 0 Å². The Morgan fingerprint density at radius 2 is 1.86 bits per heavy atom. The van der Waals surface area contributed by atoms with E-state index in [1.807, 2.05) is 25.1 Å². The third kappa shape index (κ3) is 4.37. The average Bonchev–Trinajstić information content (AvgIpc) is 2.42. The Hall–Kier alpha value is -1.23. The molecule has 2 aromatic carbocycles. The van der Waals surface area contributed by atoms with Crippen LogP contribution in [0.2, 0.25) is 10.0 Å². The van der Waals surface area contributed by atoms with E-state index in [-0.39, 0.29) is 12.5 Å². The van der Waals surface area contributed by atoms with E-state index in [0.717, 1.165) is 15.7 Å². The third-order valence-electron chi connectivity index (χ3n) is 2.83. The van der Waals surface area contributed by atoms with Crippen LogP contribution in [0, 0.1) is 6.92 Å². The van der Waals surface area contributed by atoms with Crippen molar-refractivity contribution in [3.63, 3.8) is 0 Å². The van der Waals surface area contributed by atoms with E-state index >= 15 is 0 Å². The molecule has 3 nitrogen and oxygen atoms in total. The molecule has 0 spiro atoms. The Labute approximate surface area is 141 Å². The molecule has 0 unspecified atom stereocenters. The average molecular weight is 388 g/mol. The summed E-state index contributed by atoms with van der Waals surface area (Å²) in [6.45, 7) is 2.04. The number of anilines is 2. The second kappa shape index (κ2) is 7.16. The Balaban J connectivity index is 1.97. The van der Waals surface area contributed by atoms with E-state index in [2.05, 4.69) is 26.6 Å². The molecule has 0 saturated heterocycles. The highest BCUT2D eigenvalue weighted by atomic mass is 79.9. The summed E-state index contributed by atoms with van der Waals surface area (Å²) in [5.41, 5.74) is 2.35. The fourth-order valence-corrected chi connectivity index (χ4v) is 2.54. The molecule has 0 aromatic heterocycles. The fraction of sp³-hybridized carbons (Fsp3) is 0.133. The number of amides is 1. The Morgan fingerprint density at radius 3 is 2.48 bits per heavy atom. The monoisotopic (exact) mass is 386 g/mol. The van der Waals surface area contributed by atoms with Gasteiger partial charge in [-0.2, -0.15) is 0 Å². The third-order valence-corrected chi connectivity index (χ3v) is 4.35. The van der Waals surface area contributed by atoms with Crippen molar-refractivity contribution in [1.29, 1.82) is 0 Å². The van der Waals surface area contributed by atoms with Crippen molar-refractivity contribution in [2.45, 2.75) is 6.92 Å². The molecular weight excluding hydrogens is 375 g/mol. The minimum atomic E-state index is -0.173. The quantitative estimate of drug-likeness (QED) is 0.764. The largest absolute Gasteiger partial charge is 0.374 e. The highest BCUT2D eigenvalue weighted by molar-refractivity contribution is 9.10. The lowest BCUT2D eigenvalue weighted by atomic mass is 10.2. The summed E-state index contributed by atoms with van der Waals surface area (Å²) in [5, 5.41) is 6.72. The summed E-state index contributed by atoms with van der Waals surface area (Å²) in [6, 6.07) is 10.8. The van der Waals surface area contributed by atoms with E-state index in [4.69, 9.17) is 23.2 Å². The number of carbonyl (C=O) groups excluding carboxylic acids is 1. The van der Waals surface area contributed by atoms with Gasteiger partial charge in [-0.3, -0.25) is 4.79 Å². The molecule has 0 fully saturated rings. The van der Waals surface area contributed by atoms with E-state index in [1.54, 1.807) is 18.2 Å². The van der Waals surface area contributed by atoms with Crippen molar-refractivity contribution < 1.29 is 4.79 Å². The smallest absolute Gasteiger partial charge is 0.243 e. The van der Waals surface area contributed by atoms with E-state index in [1.165, 1.54) is 0 Å². The number of benzene rings is 2. The number of rotatable bonds is 4.